The van der Waals surface area contributed by atoms with E-state index in [2.05, 4.69) is 32.6 Å². The van der Waals surface area contributed by atoms with E-state index in [1.54, 1.807) is 40.0 Å². The van der Waals surface area contributed by atoms with Gasteiger partial charge in [0.05, 0.1) is 36.7 Å². The van der Waals surface area contributed by atoms with Gasteiger partial charge in [0, 0.05) is 59.8 Å². The molecule has 1 aromatic carbocycles. The van der Waals surface area contributed by atoms with Crippen molar-refractivity contribution in [1.29, 1.82) is 0 Å². The van der Waals surface area contributed by atoms with Gasteiger partial charge in [0.25, 0.3) is 11.7 Å². The molecular weight excluding hydrogens is 1070 g/mol. The van der Waals surface area contributed by atoms with Crippen LogP contribution in [-0.2, 0) is 59.1 Å². The number of methoxy groups -OCH3 is 2. The van der Waals surface area contributed by atoms with E-state index in [0.717, 1.165) is 21.1 Å². The number of carbonyl (C=O) groups is 6. The zero-order valence-electron chi connectivity index (χ0n) is 45.4. The van der Waals surface area contributed by atoms with Gasteiger partial charge >= 0.3 is 5.97 Å². The van der Waals surface area contributed by atoms with Crippen molar-refractivity contribution >= 4 is 63.8 Å². The van der Waals surface area contributed by atoms with Crippen molar-refractivity contribution in [3.63, 3.8) is 0 Å². The number of likely N-dealkylation sites (tertiary alicyclic amines) is 1. The molecule has 414 valence electrons. The van der Waals surface area contributed by atoms with E-state index in [-0.39, 0.29) is 80.4 Å². The van der Waals surface area contributed by atoms with Gasteiger partial charge in [-0.05, 0) is 147 Å². The maximum Gasteiger partial charge on any atom is 0.329 e. The molecule has 3 aliphatic rings. The molecule has 18 heteroatoms. The Morgan fingerprint density at radius 3 is 2.43 bits per heavy atom. The van der Waals surface area contributed by atoms with Crippen molar-refractivity contribution in [3.8, 4) is 0 Å². The first-order chi connectivity index (χ1) is 35.6. The van der Waals surface area contributed by atoms with Gasteiger partial charge in [-0.2, -0.15) is 0 Å². The second-order valence-electron chi connectivity index (χ2n) is 21.2. The first-order valence-corrected chi connectivity index (χ1v) is 27.5. The molecule has 2 saturated heterocycles. The number of allylic oxidation sites excluding steroid dienone is 7. The summed E-state index contributed by atoms with van der Waals surface area (Å²) < 4.78 is 30.4. The molecule has 0 spiro atoms. The highest BCUT2D eigenvalue weighted by molar-refractivity contribution is 14.1. The molecule has 0 bridgehead atoms. The number of azide groups is 1. The molecule has 4 rings (SSSR count). The van der Waals surface area contributed by atoms with Crippen molar-refractivity contribution in [1.82, 2.24) is 4.90 Å². The number of nitrogens with zero attached hydrogens (tertiary/aromatic N) is 4. The van der Waals surface area contributed by atoms with Crippen LogP contribution < -0.4 is 0 Å². The molecule has 0 aromatic heterocycles. The number of ketones is 3. The number of aliphatic hydroxyl groups excluding tert-OH is 1. The van der Waals surface area contributed by atoms with Crippen LogP contribution in [0.5, 0.6) is 0 Å². The van der Waals surface area contributed by atoms with E-state index in [1.807, 2.05) is 70.2 Å². The highest BCUT2D eigenvalue weighted by atomic mass is 125. The number of halogens is 1. The monoisotopic (exact) mass is 1150 g/mol. The number of aliphatic hydroxyl groups is 2. The number of aldehydes is 1. The maximum absolute atomic E-state index is 14.5. The average Bonchev–Trinajstić information content (AvgIpc) is 3.38. The number of hydrogen-bond donors (Lipinski definition) is 2. The van der Waals surface area contributed by atoms with Crippen molar-refractivity contribution in [2.45, 2.75) is 174 Å². The number of benzene rings is 1. The fourth-order valence-electron chi connectivity index (χ4n) is 10.3. The van der Waals surface area contributed by atoms with Crippen molar-refractivity contribution in [2.75, 3.05) is 27.4 Å². The van der Waals surface area contributed by atoms with Gasteiger partial charge in [0.1, 0.15) is 30.8 Å². The van der Waals surface area contributed by atoms with Gasteiger partial charge in [0.2, 0.25) is 5.79 Å². The molecule has 75 heavy (non-hydrogen) atoms. The summed E-state index contributed by atoms with van der Waals surface area (Å²) in [4.78, 5) is 84.6. The molecule has 1 aromatic rings. The molecule has 1 amide bonds. The first kappa shape index (κ1) is 63.1. The number of amides is 1. The molecule has 2 aliphatic heterocycles. The minimum atomic E-state index is -2.52. The Labute approximate surface area is 457 Å². The summed E-state index contributed by atoms with van der Waals surface area (Å²) in [7, 11) is 3.07. The molecule has 3 fully saturated rings. The van der Waals surface area contributed by atoms with Crippen LogP contribution in [0, 0.1) is 39.1 Å². The quantitative estimate of drug-likeness (QED) is 0.00915. The smallest absolute Gasteiger partial charge is 0.329 e. The normalized spacial score (nSPS) is 26.2. The zero-order chi connectivity index (χ0) is 55.4. The fraction of sp³-hybridized carbons (Fsp3) is 0.649. The summed E-state index contributed by atoms with van der Waals surface area (Å²) >= 11 is 2.09. The van der Waals surface area contributed by atoms with Gasteiger partial charge in [-0.15, -0.1) is 0 Å². The zero-order valence-corrected chi connectivity index (χ0v) is 47.5. The molecule has 0 unspecified atom stereocenters. The maximum atomic E-state index is 14.5. The molecule has 1 aliphatic carbocycles. The molecule has 17 nitrogen and oxygen atoms in total. The van der Waals surface area contributed by atoms with Gasteiger partial charge < -0.3 is 38.8 Å². The van der Waals surface area contributed by atoms with Crippen LogP contribution in [0.1, 0.15) is 131 Å². The number of hydrogen-bond acceptors (Lipinski definition) is 14. The summed E-state index contributed by atoms with van der Waals surface area (Å²) in [6.45, 7) is 13.0. The second-order valence-corrected chi connectivity index (χ2v) is 22.3. The molecule has 2 N–H and O–H groups in total. The highest BCUT2D eigenvalue weighted by Gasteiger charge is 2.53. The minimum Gasteiger partial charge on any atom is -0.460 e. The summed E-state index contributed by atoms with van der Waals surface area (Å²) in [6.07, 6.45) is 14.0. The van der Waals surface area contributed by atoms with Gasteiger partial charge in [-0.25, -0.2) is 4.79 Å². The van der Waals surface area contributed by atoms with E-state index in [1.165, 1.54) is 12.0 Å². The Hall–Kier alpha value is -4.40. The SMILES string of the molecule is COCC(=O)[C@H](C)C[C@H](C)/C=C/C=C/C=C(\C)[C@H](C[C@@H]1CC[C@@H](C)[C@](O)(C(=O)C(=O)N2CCCC[C@H]2C(=O)O[C@@H](CC(=O)[C@H](C)/C=C(\C)C=O)[C@H](C)C[C@@H]2CC[C@@H](O)[C@H](OC)C2)O1)OCc1ccc(N=[N+]=[N-])c([125I])c1. The van der Waals surface area contributed by atoms with E-state index in [0.29, 0.717) is 68.9 Å². The lowest BCUT2D eigenvalue weighted by Gasteiger charge is -2.43. The average molecular weight is 1160 g/mol. The van der Waals surface area contributed by atoms with Crippen LogP contribution in [-0.4, -0.2) is 120 Å². The second kappa shape index (κ2) is 31.1. The van der Waals surface area contributed by atoms with E-state index >= 15 is 0 Å². The molecule has 1 saturated carbocycles. The Kier molecular flexibility index (Phi) is 26.2. The van der Waals surface area contributed by atoms with Crippen molar-refractivity contribution in [3.05, 3.63) is 85.4 Å². The van der Waals surface area contributed by atoms with Crippen molar-refractivity contribution < 1.29 is 62.7 Å². The third kappa shape index (κ3) is 18.9. The van der Waals surface area contributed by atoms with E-state index in [4.69, 9.17) is 29.2 Å². The Morgan fingerprint density at radius 2 is 1.75 bits per heavy atom. The predicted molar refractivity (Wildman–Crippen MR) is 292 cm³/mol. The highest BCUT2D eigenvalue weighted by Crippen LogP contribution is 2.38. The van der Waals surface area contributed by atoms with Crippen molar-refractivity contribution in [2.24, 2.45) is 40.6 Å². The third-order valence-corrected chi connectivity index (χ3v) is 15.9. The number of rotatable bonds is 28. The molecule has 0 radical (unpaired) electrons. The van der Waals surface area contributed by atoms with Crippen LogP contribution in [0.4, 0.5) is 5.69 Å². The van der Waals surface area contributed by atoms with Crippen LogP contribution >= 0.6 is 22.6 Å². The number of Topliss-reactive ketones (excluding diaryl/α,β-unsaturated/α-hetero) is 3. The van der Waals surface area contributed by atoms with E-state index in [9.17, 15) is 39.0 Å². The topological polar surface area (TPSA) is 241 Å². The van der Waals surface area contributed by atoms with Gasteiger partial charge in [-0.3, -0.25) is 24.0 Å². The van der Waals surface area contributed by atoms with Crippen LogP contribution in [0.3, 0.4) is 0 Å². The fourth-order valence-corrected chi connectivity index (χ4v) is 11.0. The third-order valence-electron chi connectivity index (χ3n) is 15.1. The van der Waals surface area contributed by atoms with Gasteiger partial charge in [-0.1, -0.05) is 88.3 Å². The van der Waals surface area contributed by atoms with E-state index < -0.39 is 65.7 Å². The number of esters is 1. The summed E-state index contributed by atoms with van der Waals surface area (Å²) in [5, 5.41) is 26.4. The molecule has 13 atom stereocenters. The summed E-state index contributed by atoms with van der Waals surface area (Å²) in [5.74, 6) is -7.28. The van der Waals surface area contributed by atoms with Crippen LogP contribution in [0.25, 0.3) is 10.4 Å². The molecule has 2 heterocycles. The Morgan fingerprint density at radius 1 is 1.00 bits per heavy atom. The summed E-state index contributed by atoms with van der Waals surface area (Å²) in [6, 6.07) is 4.22. The molecular formula is C57H81IN4O13. The first-order valence-electron chi connectivity index (χ1n) is 26.5. The summed E-state index contributed by atoms with van der Waals surface area (Å²) in [5.41, 5.74) is 11.5. The number of piperidine rings is 1. The number of ether oxygens (including phenoxy) is 5. The van der Waals surface area contributed by atoms with Crippen LogP contribution in [0.15, 0.2) is 70.9 Å². The lowest BCUT2D eigenvalue weighted by molar-refractivity contribution is -0.266. The Bertz CT molecular complexity index is 2290. The number of carbonyl (C=O) groups excluding carboxylic acids is 6. The minimum absolute atomic E-state index is 0.0581. The predicted octanol–water partition coefficient (Wildman–Crippen LogP) is 9.75. The largest absolute Gasteiger partial charge is 0.460 e. The van der Waals surface area contributed by atoms with Crippen LogP contribution in [0.2, 0.25) is 0 Å². The standard InChI is InChI=1S/C57H81IN4O13/c1-35(25-39(5)50(66)34-71-8)15-11-10-12-16-37(3)51(73-33-43-19-22-46(60-61-59)45(58)28-43)30-44-21-18-41(7)57(70,75-44)54(67)55(68)62-24-14-13-17-47(62)56(69)74-52(31-49(65)38(4)26-36(2)32-63)40(6)27-42-20-23-48(64)53(29-42)72-9/h10-12,15-16,19,22,26,28,32,35,38-42,44,47-48,51-53,64,70H,13-14,17-18,20-21,23-25,27,29-31,33-34H2,1-9H3/b12-10+,15-11+,36-26+,37-16+/t35-,38-,39-,40-,41-,42+,44+,47+,48-,51+,52+,53-,57-/m1/s1/i58-2. The lowest BCUT2D eigenvalue weighted by Crippen LogP contribution is -2.61. The van der Waals surface area contributed by atoms with Gasteiger partial charge in [0.15, 0.2) is 5.78 Å². The Balaban J connectivity index is 1.54. The lowest BCUT2D eigenvalue weighted by atomic mass is 9.78.